The Bertz CT molecular complexity index is 308. The van der Waals surface area contributed by atoms with Crippen molar-refractivity contribution in [3.8, 4) is 0 Å². The van der Waals surface area contributed by atoms with Gasteiger partial charge in [0.1, 0.15) is 0 Å². The lowest BCUT2D eigenvalue weighted by atomic mass is 10.1. The second kappa shape index (κ2) is 11.0. The molecule has 1 N–H and O–H groups in total. The van der Waals surface area contributed by atoms with E-state index in [0.717, 1.165) is 45.5 Å². The summed E-state index contributed by atoms with van der Waals surface area (Å²) in [6.45, 7) is 5.24. The zero-order valence-corrected chi connectivity index (χ0v) is 11.9. The molecule has 3 nitrogen and oxygen atoms in total. The molecule has 0 unspecified atom stereocenters. The topological polar surface area (TPSA) is 38.7 Å². The van der Waals surface area contributed by atoms with Gasteiger partial charge in [-0.25, -0.2) is 0 Å². The molecule has 0 fully saturated rings. The minimum atomic E-state index is 0.204. The predicted octanol–water partition coefficient (Wildman–Crippen LogP) is 2.73. The van der Waals surface area contributed by atoms with Crippen molar-refractivity contribution in [2.75, 3.05) is 33.0 Å². The lowest BCUT2D eigenvalue weighted by Crippen LogP contribution is -2.04. The van der Waals surface area contributed by atoms with E-state index in [4.69, 9.17) is 14.6 Å². The van der Waals surface area contributed by atoms with Crippen LogP contribution in [0.4, 0.5) is 0 Å². The summed E-state index contributed by atoms with van der Waals surface area (Å²) in [7, 11) is 0. The maximum Gasteiger partial charge on any atom is 0.0488 e. The zero-order chi connectivity index (χ0) is 13.8. The van der Waals surface area contributed by atoms with Gasteiger partial charge in [-0.3, -0.25) is 0 Å². The van der Waals surface area contributed by atoms with Gasteiger partial charge < -0.3 is 14.6 Å². The summed E-state index contributed by atoms with van der Waals surface area (Å²) in [5.41, 5.74) is 2.68. The Balaban J connectivity index is 1.87. The average molecular weight is 266 g/mol. The summed E-state index contributed by atoms with van der Waals surface area (Å²) in [5, 5.41) is 8.57. The third kappa shape index (κ3) is 8.76. The van der Waals surface area contributed by atoms with Crippen LogP contribution in [0.5, 0.6) is 0 Å². The molecular weight excluding hydrogens is 240 g/mol. The van der Waals surface area contributed by atoms with Crippen LogP contribution in [0.15, 0.2) is 24.3 Å². The van der Waals surface area contributed by atoms with Crippen LogP contribution in [0.3, 0.4) is 0 Å². The first-order chi connectivity index (χ1) is 9.33. The number of aryl methyl sites for hydroxylation is 2. The first-order valence-corrected chi connectivity index (χ1v) is 7.15. The van der Waals surface area contributed by atoms with Gasteiger partial charge in [-0.1, -0.05) is 29.8 Å². The molecule has 3 heteroatoms. The Morgan fingerprint density at radius 2 is 1.42 bits per heavy atom. The Hall–Kier alpha value is -0.900. The first-order valence-electron chi connectivity index (χ1n) is 7.15. The van der Waals surface area contributed by atoms with Crippen LogP contribution in [0, 0.1) is 6.92 Å². The van der Waals surface area contributed by atoms with Crippen LogP contribution in [-0.2, 0) is 15.9 Å². The van der Waals surface area contributed by atoms with E-state index in [1.54, 1.807) is 0 Å². The van der Waals surface area contributed by atoms with Crippen molar-refractivity contribution >= 4 is 0 Å². The summed E-state index contributed by atoms with van der Waals surface area (Å²) < 4.78 is 10.9. The van der Waals surface area contributed by atoms with Crippen LogP contribution >= 0.6 is 0 Å². The van der Waals surface area contributed by atoms with Gasteiger partial charge in [0.2, 0.25) is 0 Å². The van der Waals surface area contributed by atoms with Crippen molar-refractivity contribution < 1.29 is 14.6 Å². The van der Waals surface area contributed by atoms with Gasteiger partial charge >= 0.3 is 0 Å². The smallest absolute Gasteiger partial charge is 0.0488 e. The van der Waals surface area contributed by atoms with Gasteiger partial charge in [0, 0.05) is 33.0 Å². The molecule has 0 spiro atoms. The largest absolute Gasteiger partial charge is 0.396 e. The van der Waals surface area contributed by atoms with Crippen molar-refractivity contribution in [3.63, 3.8) is 0 Å². The van der Waals surface area contributed by atoms with Crippen molar-refractivity contribution in [2.45, 2.75) is 32.6 Å². The van der Waals surface area contributed by atoms with Crippen LogP contribution < -0.4 is 0 Å². The van der Waals surface area contributed by atoms with E-state index >= 15 is 0 Å². The SMILES string of the molecule is Cc1ccc(CCCOCCCOCCCO)cc1. The zero-order valence-electron chi connectivity index (χ0n) is 11.9. The summed E-state index contributed by atoms with van der Waals surface area (Å²) >= 11 is 0. The van der Waals surface area contributed by atoms with E-state index in [2.05, 4.69) is 31.2 Å². The molecular formula is C16H26O3. The number of aliphatic hydroxyl groups is 1. The van der Waals surface area contributed by atoms with Gasteiger partial charge in [0.25, 0.3) is 0 Å². The van der Waals surface area contributed by atoms with E-state index in [-0.39, 0.29) is 6.61 Å². The van der Waals surface area contributed by atoms with E-state index < -0.39 is 0 Å². The number of hydrogen-bond donors (Lipinski definition) is 1. The van der Waals surface area contributed by atoms with E-state index in [1.165, 1.54) is 11.1 Å². The molecule has 0 aliphatic rings. The molecule has 19 heavy (non-hydrogen) atoms. The lowest BCUT2D eigenvalue weighted by Gasteiger charge is -2.05. The number of benzene rings is 1. The van der Waals surface area contributed by atoms with Gasteiger partial charge in [-0.15, -0.1) is 0 Å². The fourth-order valence-electron chi connectivity index (χ4n) is 1.77. The molecule has 0 saturated heterocycles. The van der Waals surface area contributed by atoms with Gasteiger partial charge in [-0.2, -0.15) is 0 Å². The molecule has 0 aliphatic heterocycles. The quantitative estimate of drug-likeness (QED) is 0.626. The molecule has 0 aliphatic carbocycles. The lowest BCUT2D eigenvalue weighted by molar-refractivity contribution is 0.0755. The molecule has 1 rings (SSSR count). The van der Waals surface area contributed by atoms with Crippen LogP contribution in [-0.4, -0.2) is 38.1 Å². The van der Waals surface area contributed by atoms with Gasteiger partial charge in [0.15, 0.2) is 0 Å². The third-order valence-corrected chi connectivity index (χ3v) is 2.90. The highest BCUT2D eigenvalue weighted by Crippen LogP contribution is 2.05. The second-order valence-corrected chi connectivity index (χ2v) is 4.74. The third-order valence-electron chi connectivity index (χ3n) is 2.90. The number of rotatable bonds is 11. The summed E-state index contributed by atoms with van der Waals surface area (Å²) in [6.07, 6.45) is 3.79. The summed E-state index contributed by atoms with van der Waals surface area (Å²) in [5.74, 6) is 0. The molecule has 0 atom stereocenters. The maximum absolute atomic E-state index is 8.57. The molecule has 1 aromatic rings. The first kappa shape index (κ1) is 16.2. The monoisotopic (exact) mass is 266 g/mol. The van der Waals surface area contributed by atoms with Crippen molar-refractivity contribution in [1.82, 2.24) is 0 Å². The number of hydrogen-bond acceptors (Lipinski definition) is 3. The van der Waals surface area contributed by atoms with Gasteiger partial charge in [0.05, 0.1) is 0 Å². The van der Waals surface area contributed by atoms with Crippen LogP contribution in [0.2, 0.25) is 0 Å². The molecule has 0 saturated carbocycles. The van der Waals surface area contributed by atoms with E-state index in [9.17, 15) is 0 Å². The second-order valence-electron chi connectivity index (χ2n) is 4.74. The average Bonchev–Trinajstić information content (AvgIpc) is 2.43. The van der Waals surface area contributed by atoms with E-state index in [0.29, 0.717) is 6.61 Å². The van der Waals surface area contributed by atoms with E-state index in [1.807, 2.05) is 0 Å². The highest BCUT2D eigenvalue weighted by molar-refractivity contribution is 5.21. The van der Waals surface area contributed by atoms with Crippen LogP contribution in [0.1, 0.15) is 30.4 Å². The number of aliphatic hydroxyl groups excluding tert-OH is 1. The van der Waals surface area contributed by atoms with Crippen LogP contribution in [0.25, 0.3) is 0 Å². The Kier molecular flexibility index (Phi) is 9.33. The molecule has 1 aromatic carbocycles. The Labute approximate surface area is 116 Å². The van der Waals surface area contributed by atoms with Crippen molar-refractivity contribution in [3.05, 3.63) is 35.4 Å². The fraction of sp³-hybridized carbons (Fsp3) is 0.625. The molecule has 0 amide bonds. The Morgan fingerprint density at radius 3 is 2.05 bits per heavy atom. The van der Waals surface area contributed by atoms with Crippen molar-refractivity contribution in [1.29, 1.82) is 0 Å². The molecule has 0 heterocycles. The number of ether oxygens (including phenoxy) is 2. The van der Waals surface area contributed by atoms with Crippen molar-refractivity contribution in [2.24, 2.45) is 0 Å². The molecule has 108 valence electrons. The molecule has 0 radical (unpaired) electrons. The Morgan fingerprint density at radius 1 is 0.842 bits per heavy atom. The predicted molar refractivity (Wildman–Crippen MR) is 77.5 cm³/mol. The summed E-state index contributed by atoms with van der Waals surface area (Å²) in [4.78, 5) is 0. The normalized spacial score (nSPS) is 10.8. The maximum atomic E-state index is 8.57. The standard InChI is InChI=1S/C16H26O3/c1-15-6-8-16(9-7-15)5-2-11-18-13-4-14-19-12-3-10-17/h6-9,17H,2-5,10-14H2,1H3. The summed E-state index contributed by atoms with van der Waals surface area (Å²) in [6, 6.07) is 8.68. The molecule has 0 bridgehead atoms. The highest BCUT2D eigenvalue weighted by atomic mass is 16.5. The van der Waals surface area contributed by atoms with Gasteiger partial charge in [-0.05, 0) is 38.2 Å². The molecule has 0 aromatic heterocycles. The fourth-order valence-corrected chi connectivity index (χ4v) is 1.77. The minimum absolute atomic E-state index is 0.204. The highest BCUT2D eigenvalue weighted by Gasteiger charge is 1.94. The minimum Gasteiger partial charge on any atom is -0.396 e.